The Morgan fingerprint density at radius 2 is 2.08 bits per heavy atom. The summed E-state index contributed by atoms with van der Waals surface area (Å²) >= 11 is 8.67. The van der Waals surface area contributed by atoms with E-state index in [0.29, 0.717) is 15.8 Å². The monoisotopic (exact) mass is 391 g/mol. The van der Waals surface area contributed by atoms with Gasteiger partial charge in [-0.05, 0) is 55.1 Å². The van der Waals surface area contributed by atoms with Gasteiger partial charge in [0.1, 0.15) is 0 Å². The summed E-state index contributed by atoms with van der Waals surface area (Å²) in [5, 5.41) is 11.6. The number of carbonyl (C=O) groups is 2. The number of thiophene rings is 1. The van der Waals surface area contributed by atoms with Crippen LogP contribution in [0.2, 0.25) is 5.02 Å². The second kappa shape index (κ2) is 7.03. The van der Waals surface area contributed by atoms with Gasteiger partial charge in [-0.3, -0.25) is 9.69 Å². The standard InChI is InChI=1S/C17H13ClN2O3S2/c1-9-3-5-11(24-9)8-14-15(21)20(2)17(25-14)19-10-4-6-13(18)12(7-10)16(22)23/h3-8H,1-2H3,(H,22,23)/p-1/b14-8-,19-17?. The van der Waals surface area contributed by atoms with Gasteiger partial charge in [0, 0.05) is 27.4 Å². The van der Waals surface area contributed by atoms with Gasteiger partial charge < -0.3 is 9.90 Å². The van der Waals surface area contributed by atoms with Crippen molar-refractivity contribution < 1.29 is 14.7 Å². The predicted molar refractivity (Wildman–Crippen MR) is 100 cm³/mol. The van der Waals surface area contributed by atoms with Gasteiger partial charge in [0.2, 0.25) is 0 Å². The molecule has 1 aromatic heterocycles. The predicted octanol–water partition coefficient (Wildman–Crippen LogP) is 3.31. The second-order valence-corrected chi connectivity index (χ2v) is 8.00. The van der Waals surface area contributed by atoms with E-state index in [1.165, 1.54) is 33.7 Å². The number of aryl methyl sites for hydroxylation is 1. The van der Waals surface area contributed by atoms with E-state index in [0.717, 1.165) is 4.88 Å². The third kappa shape index (κ3) is 3.78. The van der Waals surface area contributed by atoms with E-state index in [-0.39, 0.29) is 16.5 Å². The lowest BCUT2D eigenvalue weighted by Gasteiger charge is -2.09. The molecule has 0 spiro atoms. The van der Waals surface area contributed by atoms with E-state index >= 15 is 0 Å². The largest absolute Gasteiger partial charge is 0.545 e. The number of benzene rings is 1. The Kier molecular flexibility index (Phi) is 4.99. The van der Waals surface area contributed by atoms with Gasteiger partial charge in [-0.15, -0.1) is 11.3 Å². The molecule has 2 aromatic rings. The molecule has 0 atom stereocenters. The highest BCUT2D eigenvalue weighted by Crippen LogP contribution is 2.34. The van der Waals surface area contributed by atoms with Crippen LogP contribution < -0.4 is 5.11 Å². The average Bonchev–Trinajstić information content (AvgIpc) is 3.08. The van der Waals surface area contributed by atoms with E-state index < -0.39 is 5.97 Å². The summed E-state index contributed by atoms with van der Waals surface area (Å²) in [6, 6.07) is 8.31. The van der Waals surface area contributed by atoms with Crippen LogP contribution in [0, 0.1) is 6.92 Å². The van der Waals surface area contributed by atoms with Crippen molar-refractivity contribution in [2.75, 3.05) is 7.05 Å². The molecule has 1 saturated heterocycles. The van der Waals surface area contributed by atoms with Crippen LogP contribution in [0.15, 0.2) is 40.2 Å². The topological polar surface area (TPSA) is 72.8 Å². The highest BCUT2D eigenvalue weighted by molar-refractivity contribution is 8.18. The molecule has 0 radical (unpaired) electrons. The number of hydrogen-bond donors (Lipinski definition) is 0. The van der Waals surface area contributed by atoms with Crippen molar-refractivity contribution in [3.05, 3.63) is 55.6 Å². The van der Waals surface area contributed by atoms with Crippen LogP contribution >= 0.6 is 34.7 Å². The highest BCUT2D eigenvalue weighted by Gasteiger charge is 2.30. The maximum atomic E-state index is 12.4. The molecule has 1 aliphatic heterocycles. The zero-order valence-corrected chi connectivity index (χ0v) is 15.7. The van der Waals surface area contributed by atoms with Crippen LogP contribution in [0.25, 0.3) is 6.08 Å². The summed E-state index contributed by atoms with van der Waals surface area (Å²) in [6.07, 6.45) is 1.83. The molecule has 1 aliphatic rings. The lowest BCUT2D eigenvalue weighted by Crippen LogP contribution is -2.24. The number of thioether (sulfide) groups is 1. The van der Waals surface area contributed by atoms with Crippen LogP contribution in [0.5, 0.6) is 0 Å². The first-order chi connectivity index (χ1) is 11.8. The molecular formula is C17H12ClN2O3S2-. The van der Waals surface area contributed by atoms with E-state index in [9.17, 15) is 14.7 Å². The van der Waals surface area contributed by atoms with Crippen LogP contribution in [0.3, 0.4) is 0 Å². The molecule has 8 heteroatoms. The zero-order chi connectivity index (χ0) is 18.1. The number of likely N-dealkylation sites (N-methyl/N-ethyl adjacent to an activating group) is 1. The zero-order valence-electron chi connectivity index (χ0n) is 13.3. The molecule has 1 aromatic carbocycles. The smallest absolute Gasteiger partial charge is 0.266 e. The van der Waals surface area contributed by atoms with E-state index in [1.807, 2.05) is 25.1 Å². The fourth-order valence-corrected chi connectivity index (χ4v) is 4.23. The Balaban J connectivity index is 1.92. The van der Waals surface area contributed by atoms with Gasteiger partial charge in [0.15, 0.2) is 5.17 Å². The van der Waals surface area contributed by atoms with Crippen molar-refractivity contribution in [2.24, 2.45) is 4.99 Å². The SMILES string of the molecule is Cc1ccc(/C=C2\SC(=Nc3ccc(Cl)c(C(=O)[O-])c3)N(C)C2=O)s1. The third-order valence-electron chi connectivity index (χ3n) is 3.43. The number of rotatable bonds is 3. The normalized spacial score (nSPS) is 17.7. The van der Waals surface area contributed by atoms with Gasteiger partial charge in [0.25, 0.3) is 5.91 Å². The quantitative estimate of drug-likeness (QED) is 0.752. The van der Waals surface area contributed by atoms with Crippen molar-refractivity contribution in [3.63, 3.8) is 0 Å². The number of nitrogens with zero attached hydrogens (tertiary/aromatic N) is 2. The maximum Gasteiger partial charge on any atom is 0.266 e. The number of halogens is 1. The third-order valence-corrected chi connectivity index (χ3v) is 5.77. The first-order valence-corrected chi connectivity index (χ1v) is 9.20. The Bertz CT molecular complexity index is 934. The lowest BCUT2D eigenvalue weighted by atomic mass is 10.2. The van der Waals surface area contributed by atoms with Crippen LogP contribution in [0.4, 0.5) is 5.69 Å². The molecule has 0 unspecified atom stereocenters. The van der Waals surface area contributed by atoms with Crippen LogP contribution in [-0.4, -0.2) is 29.0 Å². The van der Waals surface area contributed by atoms with Crippen molar-refractivity contribution in [2.45, 2.75) is 6.92 Å². The molecule has 5 nitrogen and oxygen atoms in total. The molecular weight excluding hydrogens is 380 g/mol. The number of aliphatic imine (C=N–C) groups is 1. The molecule has 0 bridgehead atoms. The molecule has 2 heterocycles. The second-order valence-electron chi connectivity index (χ2n) is 5.27. The lowest BCUT2D eigenvalue weighted by molar-refractivity contribution is -0.255. The number of amides is 1. The fourth-order valence-electron chi connectivity index (χ4n) is 2.16. The van der Waals surface area contributed by atoms with Gasteiger partial charge in [-0.25, -0.2) is 4.99 Å². The minimum atomic E-state index is -1.37. The molecule has 3 rings (SSSR count). The Labute approximate surface area is 157 Å². The van der Waals surface area contributed by atoms with Crippen LogP contribution in [-0.2, 0) is 4.79 Å². The summed E-state index contributed by atoms with van der Waals surface area (Å²) in [5.74, 6) is -1.52. The van der Waals surface area contributed by atoms with Gasteiger partial charge >= 0.3 is 0 Å². The first-order valence-electron chi connectivity index (χ1n) is 7.19. The summed E-state index contributed by atoms with van der Waals surface area (Å²) in [4.78, 5) is 32.0. The Morgan fingerprint density at radius 1 is 1.32 bits per heavy atom. The first kappa shape index (κ1) is 17.7. The number of carbonyl (C=O) groups excluding carboxylic acids is 2. The number of hydrogen-bond acceptors (Lipinski definition) is 6. The molecule has 0 saturated carbocycles. The fraction of sp³-hybridized carbons (Fsp3) is 0.118. The highest BCUT2D eigenvalue weighted by atomic mass is 35.5. The maximum absolute atomic E-state index is 12.4. The van der Waals surface area contributed by atoms with Crippen molar-refractivity contribution >= 4 is 63.5 Å². The van der Waals surface area contributed by atoms with Gasteiger partial charge in [0.05, 0.1) is 16.6 Å². The van der Waals surface area contributed by atoms with E-state index in [1.54, 1.807) is 24.5 Å². The molecule has 1 fully saturated rings. The van der Waals surface area contributed by atoms with Crippen molar-refractivity contribution in [1.29, 1.82) is 0 Å². The summed E-state index contributed by atoms with van der Waals surface area (Å²) in [6.45, 7) is 2.00. The van der Waals surface area contributed by atoms with Crippen molar-refractivity contribution in [1.82, 2.24) is 4.90 Å². The number of aromatic carboxylic acids is 1. The summed E-state index contributed by atoms with van der Waals surface area (Å²) in [5.41, 5.74) is 0.254. The van der Waals surface area contributed by atoms with E-state index in [4.69, 9.17) is 11.6 Å². The molecule has 0 aliphatic carbocycles. The van der Waals surface area contributed by atoms with Gasteiger partial charge in [-0.2, -0.15) is 0 Å². The number of amidine groups is 1. The Morgan fingerprint density at radius 3 is 2.72 bits per heavy atom. The minimum absolute atomic E-state index is 0.0844. The van der Waals surface area contributed by atoms with Crippen molar-refractivity contribution in [3.8, 4) is 0 Å². The molecule has 128 valence electrons. The number of carboxylic acids is 1. The summed E-state index contributed by atoms with van der Waals surface area (Å²) < 4.78 is 0. The van der Waals surface area contributed by atoms with Gasteiger partial charge in [-0.1, -0.05) is 11.6 Å². The Hall–Kier alpha value is -2.09. The van der Waals surface area contributed by atoms with Crippen LogP contribution in [0.1, 0.15) is 20.1 Å². The number of carboxylic acid groups (broad SMARTS) is 1. The summed E-state index contributed by atoms with van der Waals surface area (Å²) in [7, 11) is 1.63. The molecule has 25 heavy (non-hydrogen) atoms. The average molecular weight is 392 g/mol. The molecule has 0 N–H and O–H groups in total. The van der Waals surface area contributed by atoms with E-state index in [2.05, 4.69) is 4.99 Å². The minimum Gasteiger partial charge on any atom is -0.545 e. The molecule has 1 amide bonds.